The zero-order chi connectivity index (χ0) is 26.7. The van der Waals surface area contributed by atoms with Crippen LogP contribution in [0.5, 0.6) is 0 Å². The fraction of sp³-hybridized carbons (Fsp3) is 0.357. The first kappa shape index (κ1) is 26.3. The number of benzene rings is 2. The summed E-state index contributed by atoms with van der Waals surface area (Å²) in [6, 6.07) is 14.2. The summed E-state index contributed by atoms with van der Waals surface area (Å²) in [7, 11) is 0. The molecule has 0 saturated carbocycles. The number of nitrogens with one attached hydrogen (secondary N) is 3. The topological polar surface area (TPSA) is 103 Å². The first-order chi connectivity index (χ1) is 17.5. The van der Waals surface area contributed by atoms with Crippen LogP contribution in [-0.4, -0.2) is 40.3 Å². The SMILES string of the molecule is CC(C)NC(=O)c1ccccc1NC(=O)Nc1nc2c(s1)CN(C(=O)c1ccc(C(C)(C)C)cc1)CC2. The summed E-state index contributed by atoms with van der Waals surface area (Å²) in [5, 5.41) is 8.81. The number of para-hydroxylation sites is 1. The third-order valence-corrected chi connectivity index (χ3v) is 7.07. The number of amides is 4. The number of hydrogen-bond donors (Lipinski definition) is 3. The van der Waals surface area contributed by atoms with Crippen molar-refractivity contribution in [3.8, 4) is 0 Å². The minimum Gasteiger partial charge on any atom is -0.350 e. The number of hydrogen-bond acceptors (Lipinski definition) is 5. The number of nitrogens with zero attached hydrogens (tertiary/aromatic N) is 2. The molecule has 3 aromatic rings. The molecule has 0 fully saturated rings. The second-order valence-corrected chi connectivity index (χ2v) is 11.5. The molecule has 4 amide bonds. The third-order valence-electron chi connectivity index (χ3n) is 6.08. The molecule has 1 aliphatic heterocycles. The van der Waals surface area contributed by atoms with Crippen LogP contribution in [0.15, 0.2) is 48.5 Å². The van der Waals surface area contributed by atoms with Gasteiger partial charge in [-0.05, 0) is 49.1 Å². The van der Waals surface area contributed by atoms with E-state index in [-0.39, 0.29) is 23.3 Å². The zero-order valence-electron chi connectivity index (χ0n) is 21.8. The summed E-state index contributed by atoms with van der Waals surface area (Å²) in [5.74, 6) is -0.267. The van der Waals surface area contributed by atoms with E-state index in [1.165, 1.54) is 16.9 Å². The van der Waals surface area contributed by atoms with Crippen molar-refractivity contribution in [3.05, 3.63) is 75.8 Å². The van der Waals surface area contributed by atoms with Gasteiger partial charge in [-0.25, -0.2) is 9.78 Å². The Balaban J connectivity index is 1.40. The van der Waals surface area contributed by atoms with E-state index >= 15 is 0 Å². The van der Waals surface area contributed by atoms with Crippen LogP contribution in [0, 0.1) is 0 Å². The predicted octanol–water partition coefficient (Wildman–Crippen LogP) is 5.42. The van der Waals surface area contributed by atoms with Gasteiger partial charge in [0.2, 0.25) is 0 Å². The minimum absolute atomic E-state index is 0.0111. The summed E-state index contributed by atoms with van der Waals surface area (Å²) in [6.45, 7) is 11.2. The molecule has 0 unspecified atom stereocenters. The molecule has 0 atom stereocenters. The van der Waals surface area contributed by atoms with Crippen LogP contribution in [0.1, 0.15) is 71.5 Å². The Kier molecular flexibility index (Phi) is 7.63. The van der Waals surface area contributed by atoms with E-state index < -0.39 is 6.03 Å². The molecule has 0 saturated heterocycles. The van der Waals surface area contributed by atoms with Crippen LogP contribution in [0.2, 0.25) is 0 Å². The van der Waals surface area contributed by atoms with Crippen LogP contribution >= 0.6 is 11.3 Å². The van der Waals surface area contributed by atoms with Gasteiger partial charge in [-0.3, -0.25) is 14.9 Å². The van der Waals surface area contributed by atoms with E-state index in [1.807, 2.05) is 43.0 Å². The molecule has 194 valence electrons. The molecule has 3 N–H and O–H groups in total. The largest absolute Gasteiger partial charge is 0.350 e. The Bertz CT molecular complexity index is 1310. The molecule has 0 bridgehead atoms. The van der Waals surface area contributed by atoms with E-state index in [4.69, 9.17) is 0 Å². The second-order valence-electron chi connectivity index (χ2n) is 10.4. The van der Waals surface area contributed by atoms with E-state index in [0.717, 1.165) is 10.6 Å². The van der Waals surface area contributed by atoms with Gasteiger partial charge in [-0.1, -0.05) is 56.4 Å². The van der Waals surface area contributed by atoms with Crippen molar-refractivity contribution >= 4 is 40.0 Å². The van der Waals surface area contributed by atoms with Crippen molar-refractivity contribution in [2.75, 3.05) is 17.2 Å². The average Bonchev–Trinajstić information content (AvgIpc) is 3.24. The summed E-state index contributed by atoms with van der Waals surface area (Å²) in [6.07, 6.45) is 0.624. The molecule has 1 aliphatic rings. The van der Waals surface area contributed by atoms with E-state index in [0.29, 0.717) is 41.5 Å². The number of rotatable bonds is 5. The Hall–Kier alpha value is -3.72. The quantitative estimate of drug-likeness (QED) is 0.419. The molecule has 8 nitrogen and oxygen atoms in total. The van der Waals surface area contributed by atoms with Crippen LogP contribution < -0.4 is 16.0 Å². The highest BCUT2D eigenvalue weighted by Crippen LogP contribution is 2.30. The molecule has 2 aromatic carbocycles. The highest BCUT2D eigenvalue weighted by molar-refractivity contribution is 7.15. The molecule has 0 aliphatic carbocycles. The fourth-order valence-corrected chi connectivity index (χ4v) is 5.12. The van der Waals surface area contributed by atoms with E-state index in [1.54, 1.807) is 24.3 Å². The second kappa shape index (κ2) is 10.7. The van der Waals surface area contributed by atoms with Gasteiger partial charge in [0.25, 0.3) is 11.8 Å². The molecule has 9 heteroatoms. The lowest BCUT2D eigenvalue weighted by molar-refractivity contribution is 0.0736. The minimum atomic E-state index is -0.484. The molecule has 1 aromatic heterocycles. The maximum absolute atomic E-state index is 13.1. The molecule has 37 heavy (non-hydrogen) atoms. The van der Waals surface area contributed by atoms with Gasteiger partial charge in [0.1, 0.15) is 0 Å². The van der Waals surface area contributed by atoms with Crippen molar-refractivity contribution in [1.82, 2.24) is 15.2 Å². The van der Waals surface area contributed by atoms with Crippen LogP contribution in [-0.2, 0) is 18.4 Å². The van der Waals surface area contributed by atoms with Crippen molar-refractivity contribution in [2.45, 2.75) is 59.0 Å². The number of anilines is 2. The number of carbonyl (C=O) groups is 3. The van der Waals surface area contributed by atoms with Gasteiger partial charge in [0.15, 0.2) is 5.13 Å². The van der Waals surface area contributed by atoms with Crippen molar-refractivity contribution < 1.29 is 14.4 Å². The monoisotopic (exact) mass is 519 g/mol. The Morgan fingerprint density at radius 1 is 1.00 bits per heavy atom. The summed E-state index contributed by atoms with van der Waals surface area (Å²) in [4.78, 5) is 45.6. The number of aromatic nitrogens is 1. The van der Waals surface area contributed by atoms with Gasteiger partial charge in [0.05, 0.1) is 23.5 Å². The molecule has 0 radical (unpaired) electrons. The Morgan fingerprint density at radius 3 is 2.38 bits per heavy atom. The normalized spacial score (nSPS) is 13.2. The first-order valence-corrected chi connectivity index (χ1v) is 13.2. The molecular weight excluding hydrogens is 486 g/mol. The molecule has 4 rings (SSSR count). The fourth-order valence-electron chi connectivity index (χ4n) is 4.10. The summed E-state index contributed by atoms with van der Waals surface area (Å²) >= 11 is 1.36. The highest BCUT2D eigenvalue weighted by atomic mass is 32.1. The lowest BCUT2D eigenvalue weighted by Gasteiger charge is -2.26. The lowest BCUT2D eigenvalue weighted by atomic mass is 9.86. The van der Waals surface area contributed by atoms with Gasteiger partial charge in [-0.15, -0.1) is 0 Å². The van der Waals surface area contributed by atoms with E-state index in [2.05, 4.69) is 41.7 Å². The number of urea groups is 1. The van der Waals surface area contributed by atoms with E-state index in [9.17, 15) is 14.4 Å². The maximum atomic E-state index is 13.1. The van der Waals surface area contributed by atoms with Crippen LogP contribution in [0.25, 0.3) is 0 Å². The Labute approximate surface area is 221 Å². The summed E-state index contributed by atoms with van der Waals surface area (Å²) < 4.78 is 0. The number of fused-ring (bicyclic) bond motifs is 1. The number of thiazole rings is 1. The molecule has 2 heterocycles. The van der Waals surface area contributed by atoms with Gasteiger partial charge < -0.3 is 15.5 Å². The van der Waals surface area contributed by atoms with Gasteiger partial charge >= 0.3 is 6.03 Å². The van der Waals surface area contributed by atoms with Crippen molar-refractivity contribution in [1.29, 1.82) is 0 Å². The number of carbonyl (C=O) groups excluding carboxylic acids is 3. The molecule has 0 spiro atoms. The summed E-state index contributed by atoms with van der Waals surface area (Å²) in [5.41, 5.74) is 3.57. The van der Waals surface area contributed by atoms with Crippen LogP contribution in [0.4, 0.5) is 15.6 Å². The van der Waals surface area contributed by atoms with Crippen LogP contribution in [0.3, 0.4) is 0 Å². The van der Waals surface area contributed by atoms with Crippen molar-refractivity contribution in [3.63, 3.8) is 0 Å². The third kappa shape index (κ3) is 6.35. The van der Waals surface area contributed by atoms with Gasteiger partial charge in [-0.2, -0.15) is 0 Å². The maximum Gasteiger partial charge on any atom is 0.325 e. The highest BCUT2D eigenvalue weighted by Gasteiger charge is 2.26. The molecular formula is C28H33N5O3S. The Morgan fingerprint density at radius 2 is 1.70 bits per heavy atom. The standard InChI is InChI=1S/C28H33N5O3S/c1-17(2)29-24(34)20-8-6-7-9-21(20)30-26(36)32-27-31-22-14-15-33(16-23(22)37-27)25(35)18-10-12-19(13-11-18)28(3,4)5/h6-13,17H,14-16H2,1-5H3,(H,29,34)(H2,30,31,32,36). The predicted molar refractivity (Wildman–Crippen MR) is 147 cm³/mol. The zero-order valence-corrected chi connectivity index (χ0v) is 22.7. The first-order valence-electron chi connectivity index (χ1n) is 12.4. The van der Waals surface area contributed by atoms with Crippen molar-refractivity contribution in [2.24, 2.45) is 0 Å². The average molecular weight is 520 g/mol. The smallest absolute Gasteiger partial charge is 0.325 e. The van der Waals surface area contributed by atoms with Gasteiger partial charge in [0, 0.05) is 29.4 Å². The lowest BCUT2D eigenvalue weighted by Crippen LogP contribution is -2.35.